The first-order chi connectivity index (χ1) is 8.97. The van der Waals surface area contributed by atoms with Crippen LogP contribution in [0.1, 0.15) is 15.9 Å². The Morgan fingerprint density at radius 2 is 2.05 bits per heavy atom. The SMILES string of the molecule is Cc1cc(Cl)ncc1NC(=O)c1ccc(F)c(Cl)c1. The summed E-state index contributed by atoms with van der Waals surface area (Å²) in [5, 5.41) is 2.91. The molecular formula is C13H9Cl2FN2O. The third-order valence-corrected chi connectivity index (χ3v) is 3.00. The van der Waals surface area contributed by atoms with Crippen molar-refractivity contribution in [3.63, 3.8) is 0 Å². The van der Waals surface area contributed by atoms with Gasteiger partial charge in [-0.05, 0) is 36.8 Å². The summed E-state index contributed by atoms with van der Waals surface area (Å²) in [4.78, 5) is 15.8. The number of amides is 1. The van der Waals surface area contributed by atoms with Gasteiger partial charge in [-0.25, -0.2) is 9.37 Å². The van der Waals surface area contributed by atoms with E-state index < -0.39 is 11.7 Å². The Balaban J connectivity index is 2.23. The van der Waals surface area contributed by atoms with Crippen LogP contribution in [0.15, 0.2) is 30.5 Å². The Morgan fingerprint density at radius 1 is 1.32 bits per heavy atom. The zero-order chi connectivity index (χ0) is 14.0. The molecule has 2 aromatic rings. The van der Waals surface area contributed by atoms with E-state index in [0.29, 0.717) is 10.8 Å². The number of nitrogens with one attached hydrogen (secondary N) is 1. The molecule has 98 valence electrons. The largest absolute Gasteiger partial charge is 0.320 e. The Morgan fingerprint density at radius 3 is 2.68 bits per heavy atom. The fourth-order valence-corrected chi connectivity index (χ4v) is 1.88. The van der Waals surface area contributed by atoms with Crippen LogP contribution < -0.4 is 5.32 Å². The van der Waals surface area contributed by atoms with Crippen LogP contribution in [-0.2, 0) is 0 Å². The highest BCUT2D eigenvalue weighted by Gasteiger charge is 2.10. The van der Waals surface area contributed by atoms with Crippen molar-refractivity contribution in [2.45, 2.75) is 6.92 Å². The van der Waals surface area contributed by atoms with E-state index in [1.807, 2.05) is 0 Å². The second kappa shape index (κ2) is 5.55. The Kier molecular flexibility index (Phi) is 4.02. The van der Waals surface area contributed by atoms with Gasteiger partial charge in [0.1, 0.15) is 11.0 Å². The summed E-state index contributed by atoms with van der Waals surface area (Å²) in [7, 11) is 0. The molecule has 0 fully saturated rings. The van der Waals surface area contributed by atoms with Crippen molar-refractivity contribution in [1.29, 1.82) is 0 Å². The van der Waals surface area contributed by atoms with Crippen molar-refractivity contribution in [2.75, 3.05) is 5.32 Å². The Labute approximate surface area is 119 Å². The molecule has 6 heteroatoms. The standard InChI is InChI=1S/C13H9Cl2FN2O/c1-7-4-12(15)17-6-11(7)18-13(19)8-2-3-10(16)9(14)5-8/h2-6H,1H3,(H,18,19). The van der Waals surface area contributed by atoms with Crippen molar-refractivity contribution >= 4 is 34.8 Å². The minimum atomic E-state index is -0.567. The van der Waals surface area contributed by atoms with E-state index >= 15 is 0 Å². The summed E-state index contributed by atoms with van der Waals surface area (Å²) < 4.78 is 13.0. The summed E-state index contributed by atoms with van der Waals surface area (Å²) in [6, 6.07) is 5.40. The lowest BCUT2D eigenvalue weighted by atomic mass is 10.2. The molecule has 1 amide bonds. The topological polar surface area (TPSA) is 42.0 Å². The second-order valence-electron chi connectivity index (χ2n) is 3.90. The Bertz CT molecular complexity index is 647. The van der Waals surface area contributed by atoms with Gasteiger partial charge in [-0.3, -0.25) is 4.79 Å². The zero-order valence-electron chi connectivity index (χ0n) is 9.88. The van der Waals surface area contributed by atoms with E-state index in [-0.39, 0.29) is 10.6 Å². The number of anilines is 1. The van der Waals surface area contributed by atoms with Crippen molar-refractivity contribution in [1.82, 2.24) is 4.98 Å². The summed E-state index contributed by atoms with van der Waals surface area (Å²) in [5.74, 6) is -0.961. The number of pyridine rings is 1. The molecule has 19 heavy (non-hydrogen) atoms. The lowest BCUT2D eigenvalue weighted by Gasteiger charge is -2.08. The molecule has 0 aliphatic rings. The minimum Gasteiger partial charge on any atom is -0.320 e. The molecule has 1 N–H and O–H groups in total. The van der Waals surface area contributed by atoms with Crippen molar-refractivity contribution in [2.24, 2.45) is 0 Å². The van der Waals surface area contributed by atoms with Gasteiger partial charge in [0.05, 0.1) is 16.9 Å². The number of aromatic nitrogens is 1. The lowest BCUT2D eigenvalue weighted by Crippen LogP contribution is -2.13. The molecular weight excluding hydrogens is 290 g/mol. The van der Waals surface area contributed by atoms with Gasteiger partial charge in [0, 0.05) is 5.56 Å². The first-order valence-electron chi connectivity index (χ1n) is 5.36. The number of hydrogen-bond donors (Lipinski definition) is 1. The zero-order valence-corrected chi connectivity index (χ0v) is 11.4. The van der Waals surface area contributed by atoms with Gasteiger partial charge >= 0.3 is 0 Å². The molecule has 0 spiro atoms. The highest BCUT2D eigenvalue weighted by molar-refractivity contribution is 6.31. The van der Waals surface area contributed by atoms with Crippen molar-refractivity contribution in [3.8, 4) is 0 Å². The van der Waals surface area contributed by atoms with Crippen LogP contribution in [0.3, 0.4) is 0 Å². The van der Waals surface area contributed by atoms with E-state index in [2.05, 4.69) is 10.3 Å². The predicted molar refractivity (Wildman–Crippen MR) is 73.3 cm³/mol. The van der Waals surface area contributed by atoms with Crippen LogP contribution in [0.4, 0.5) is 10.1 Å². The molecule has 0 aliphatic heterocycles. The molecule has 0 aliphatic carbocycles. The van der Waals surface area contributed by atoms with Gasteiger partial charge in [0.25, 0.3) is 5.91 Å². The maximum Gasteiger partial charge on any atom is 0.255 e. The number of nitrogens with zero attached hydrogens (tertiary/aromatic N) is 1. The van der Waals surface area contributed by atoms with Crippen LogP contribution in [0.25, 0.3) is 0 Å². The summed E-state index contributed by atoms with van der Waals surface area (Å²) in [6.45, 7) is 1.79. The molecule has 2 rings (SSSR count). The quantitative estimate of drug-likeness (QED) is 0.849. The molecule has 0 radical (unpaired) electrons. The number of aryl methyl sites for hydroxylation is 1. The van der Waals surface area contributed by atoms with Crippen molar-refractivity contribution in [3.05, 3.63) is 57.6 Å². The molecule has 3 nitrogen and oxygen atoms in total. The van der Waals surface area contributed by atoms with Crippen LogP contribution in [-0.4, -0.2) is 10.9 Å². The molecule has 1 aromatic carbocycles. The van der Waals surface area contributed by atoms with Crippen LogP contribution in [0.5, 0.6) is 0 Å². The van der Waals surface area contributed by atoms with Crippen molar-refractivity contribution < 1.29 is 9.18 Å². The highest BCUT2D eigenvalue weighted by atomic mass is 35.5. The van der Waals surface area contributed by atoms with E-state index in [1.54, 1.807) is 13.0 Å². The molecule has 0 bridgehead atoms. The van der Waals surface area contributed by atoms with E-state index in [4.69, 9.17) is 23.2 Å². The fourth-order valence-electron chi connectivity index (χ4n) is 1.48. The molecule has 1 heterocycles. The third kappa shape index (κ3) is 3.22. The average molecular weight is 299 g/mol. The van der Waals surface area contributed by atoms with E-state index in [9.17, 15) is 9.18 Å². The van der Waals surface area contributed by atoms with Gasteiger partial charge in [0.15, 0.2) is 0 Å². The van der Waals surface area contributed by atoms with E-state index in [0.717, 1.165) is 11.6 Å². The summed E-state index contributed by atoms with van der Waals surface area (Å²) in [6.07, 6.45) is 1.46. The van der Waals surface area contributed by atoms with E-state index in [1.165, 1.54) is 18.3 Å². The van der Waals surface area contributed by atoms with Crippen LogP contribution in [0.2, 0.25) is 10.2 Å². The highest BCUT2D eigenvalue weighted by Crippen LogP contribution is 2.20. The molecule has 0 atom stereocenters. The normalized spacial score (nSPS) is 10.3. The first kappa shape index (κ1) is 13.8. The maximum atomic E-state index is 13.0. The minimum absolute atomic E-state index is 0.0985. The number of hydrogen-bond acceptors (Lipinski definition) is 2. The monoisotopic (exact) mass is 298 g/mol. The molecule has 0 saturated carbocycles. The lowest BCUT2D eigenvalue weighted by molar-refractivity contribution is 0.102. The van der Waals surface area contributed by atoms with Gasteiger partial charge in [-0.1, -0.05) is 23.2 Å². The second-order valence-corrected chi connectivity index (χ2v) is 4.70. The number of benzene rings is 1. The first-order valence-corrected chi connectivity index (χ1v) is 6.11. The Hall–Kier alpha value is -1.65. The van der Waals surface area contributed by atoms with Crippen LogP contribution in [0, 0.1) is 12.7 Å². The van der Waals surface area contributed by atoms with Gasteiger partial charge in [0.2, 0.25) is 0 Å². The fraction of sp³-hybridized carbons (Fsp3) is 0.0769. The number of halogens is 3. The summed E-state index contributed by atoms with van der Waals surface area (Å²) >= 11 is 11.4. The number of rotatable bonds is 2. The third-order valence-electron chi connectivity index (χ3n) is 2.51. The molecule has 0 saturated heterocycles. The summed E-state index contributed by atoms with van der Waals surface area (Å²) in [5.41, 5.74) is 1.58. The molecule has 0 unspecified atom stereocenters. The average Bonchev–Trinajstić information content (AvgIpc) is 2.36. The van der Waals surface area contributed by atoms with Crippen LogP contribution >= 0.6 is 23.2 Å². The maximum absolute atomic E-state index is 13.0. The molecule has 1 aromatic heterocycles. The van der Waals surface area contributed by atoms with Gasteiger partial charge < -0.3 is 5.32 Å². The van der Waals surface area contributed by atoms with Gasteiger partial charge in [-0.15, -0.1) is 0 Å². The number of carbonyl (C=O) groups excluding carboxylic acids is 1. The smallest absolute Gasteiger partial charge is 0.255 e. The predicted octanol–water partition coefficient (Wildman–Crippen LogP) is 4.09. The van der Waals surface area contributed by atoms with Gasteiger partial charge in [-0.2, -0.15) is 0 Å². The number of carbonyl (C=O) groups is 1.